The van der Waals surface area contributed by atoms with E-state index in [0.29, 0.717) is 12.0 Å². The number of rotatable bonds is 2. The zero-order valence-electron chi connectivity index (χ0n) is 9.60. The van der Waals surface area contributed by atoms with Gasteiger partial charge in [0.15, 0.2) is 0 Å². The molecule has 1 aromatic rings. The summed E-state index contributed by atoms with van der Waals surface area (Å²) in [5.41, 5.74) is 7.32. The Morgan fingerprint density at radius 1 is 1.25 bits per heavy atom. The Kier molecular flexibility index (Phi) is 2.56. The van der Waals surface area contributed by atoms with Gasteiger partial charge in [-0.05, 0) is 37.3 Å². The Hall–Kier alpha value is -1.09. The van der Waals surface area contributed by atoms with Gasteiger partial charge in [0.05, 0.1) is 0 Å². The molecule has 0 radical (unpaired) electrons. The first-order valence-electron chi connectivity index (χ1n) is 6.32. The van der Waals surface area contributed by atoms with Gasteiger partial charge in [-0.2, -0.15) is 0 Å². The van der Waals surface area contributed by atoms with Crippen LogP contribution in [0.1, 0.15) is 37.2 Å². The van der Waals surface area contributed by atoms with Crippen LogP contribution >= 0.6 is 0 Å². The summed E-state index contributed by atoms with van der Waals surface area (Å²) >= 11 is 0. The Labute approximate surface area is 96.7 Å². The summed E-state index contributed by atoms with van der Waals surface area (Å²) in [6.07, 6.45) is 6.99. The molecule has 0 bridgehead atoms. The molecule has 0 amide bonds. The number of hydrogen-bond donors (Lipinski definition) is 1. The molecule has 2 heterocycles. The fourth-order valence-corrected chi connectivity index (χ4v) is 2.64. The van der Waals surface area contributed by atoms with Crippen LogP contribution in [-0.2, 0) is 0 Å². The highest BCUT2D eigenvalue weighted by Gasteiger charge is 2.37. The molecule has 3 rings (SSSR count). The van der Waals surface area contributed by atoms with Crippen LogP contribution in [0.5, 0.6) is 0 Å². The third-order valence-corrected chi connectivity index (χ3v) is 3.71. The maximum Gasteiger partial charge on any atom is 0.132 e. The fourth-order valence-electron chi connectivity index (χ4n) is 2.64. The number of anilines is 1. The zero-order chi connectivity index (χ0) is 11.0. The average Bonchev–Trinajstić information content (AvgIpc) is 3.08. The summed E-state index contributed by atoms with van der Waals surface area (Å²) in [7, 11) is 0. The van der Waals surface area contributed by atoms with E-state index < -0.39 is 0 Å². The van der Waals surface area contributed by atoms with E-state index in [4.69, 9.17) is 5.73 Å². The minimum atomic E-state index is 0.368. The number of piperidine rings is 1. The van der Waals surface area contributed by atoms with Crippen LogP contribution in [0.2, 0.25) is 0 Å². The van der Waals surface area contributed by atoms with Crippen molar-refractivity contribution in [1.82, 2.24) is 4.98 Å². The van der Waals surface area contributed by atoms with Gasteiger partial charge in [-0.15, -0.1) is 0 Å². The molecule has 0 unspecified atom stereocenters. The molecule has 2 N–H and O–H groups in total. The molecule has 2 fully saturated rings. The second kappa shape index (κ2) is 4.06. The zero-order valence-corrected chi connectivity index (χ0v) is 9.60. The number of pyridine rings is 1. The number of nitrogens with two attached hydrogens (primary N) is 1. The smallest absolute Gasteiger partial charge is 0.132 e. The van der Waals surface area contributed by atoms with Crippen molar-refractivity contribution in [1.29, 1.82) is 0 Å². The second-order valence-corrected chi connectivity index (χ2v) is 4.97. The molecule has 2 atom stereocenters. The van der Waals surface area contributed by atoms with Crippen molar-refractivity contribution < 1.29 is 0 Å². The summed E-state index contributed by atoms with van der Waals surface area (Å²) in [4.78, 5) is 7.00. The van der Waals surface area contributed by atoms with Crippen molar-refractivity contribution in [2.75, 3.05) is 18.0 Å². The Morgan fingerprint density at radius 2 is 2.00 bits per heavy atom. The van der Waals surface area contributed by atoms with Gasteiger partial charge in [-0.25, -0.2) is 4.98 Å². The van der Waals surface area contributed by atoms with Gasteiger partial charge in [0.2, 0.25) is 0 Å². The molecule has 0 aromatic carbocycles. The van der Waals surface area contributed by atoms with Gasteiger partial charge in [-0.3, -0.25) is 0 Å². The molecular weight excluding hydrogens is 198 g/mol. The van der Waals surface area contributed by atoms with E-state index in [2.05, 4.69) is 16.0 Å². The minimum absolute atomic E-state index is 0.368. The van der Waals surface area contributed by atoms with Gasteiger partial charge in [0.1, 0.15) is 5.82 Å². The third-order valence-electron chi connectivity index (χ3n) is 3.71. The molecule has 1 saturated heterocycles. The first kappa shape index (κ1) is 10.1. The summed E-state index contributed by atoms with van der Waals surface area (Å²) in [5.74, 6) is 1.76. The van der Waals surface area contributed by atoms with Crippen LogP contribution in [0, 0.1) is 0 Å². The first-order chi connectivity index (χ1) is 7.86. The largest absolute Gasteiger partial charge is 0.356 e. The van der Waals surface area contributed by atoms with Crippen LogP contribution in [0.4, 0.5) is 5.82 Å². The normalized spacial score (nSPS) is 29.2. The van der Waals surface area contributed by atoms with E-state index in [0.717, 1.165) is 19.5 Å². The highest BCUT2D eigenvalue weighted by Crippen LogP contribution is 2.42. The summed E-state index contributed by atoms with van der Waals surface area (Å²) in [6.45, 7) is 2.32. The first-order valence-corrected chi connectivity index (χ1v) is 6.32. The van der Waals surface area contributed by atoms with Crippen LogP contribution in [0.15, 0.2) is 18.3 Å². The van der Waals surface area contributed by atoms with Gasteiger partial charge >= 0.3 is 0 Å². The predicted octanol–water partition coefficient (Wildman–Crippen LogP) is 1.89. The van der Waals surface area contributed by atoms with Crippen molar-refractivity contribution in [2.45, 2.75) is 37.6 Å². The van der Waals surface area contributed by atoms with Crippen LogP contribution in [-0.4, -0.2) is 24.1 Å². The lowest BCUT2D eigenvalue weighted by Crippen LogP contribution is -2.31. The summed E-state index contributed by atoms with van der Waals surface area (Å²) in [6, 6.07) is 4.61. The lowest BCUT2D eigenvalue weighted by Gasteiger charge is -2.29. The Morgan fingerprint density at radius 3 is 2.69 bits per heavy atom. The van der Waals surface area contributed by atoms with Crippen LogP contribution in [0.25, 0.3) is 0 Å². The van der Waals surface area contributed by atoms with Crippen LogP contribution < -0.4 is 10.6 Å². The number of nitrogens with zero attached hydrogens (tertiary/aromatic N) is 2. The second-order valence-electron chi connectivity index (χ2n) is 4.97. The van der Waals surface area contributed by atoms with E-state index in [-0.39, 0.29) is 0 Å². The molecule has 1 aliphatic carbocycles. The van der Waals surface area contributed by atoms with Gasteiger partial charge in [0, 0.05) is 31.2 Å². The van der Waals surface area contributed by atoms with E-state index in [1.807, 2.05) is 12.3 Å². The predicted molar refractivity (Wildman–Crippen MR) is 65.6 cm³/mol. The molecule has 86 valence electrons. The Balaban J connectivity index is 1.87. The van der Waals surface area contributed by atoms with Gasteiger partial charge < -0.3 is 10.6 Å². The van der Waals surface area contributed by atoms with E-state index in [9.17, 15) is 0 Å². The van der Waals surface area contributed by atoms with Crippen molar-refractivity contribution >= 4 is 5.82 Å². The van der Waals surface area contributed by atoms with Gasteiger partial charge in [0.25, 0.3) is 0 Å². The van der Waals surface area contributed by atoms with E-state index >= 15 is 0 Å². The lowest BCUT2D eigenvalue weighted by atomic mass is 10.1. The van der Waals surface area contributed by atoms with Crippen molar-refractivity contribution in [3.8, 4) is 0 Å². The quantitative estimate of drug-likeness (QED) is 0.822. The van der Waals surface area contributed by atoms with E-state index in [1.165, 1.54) is 30.6 Å². The molecule has 1 aliphatic heterocycles. The number of aromatic nitrogens is 1. The topological polar surface area (TPSA) is 42.1 Å². The molecule has 2 aliphatic rings. The molecule has 0 spiro atoms. The summed E-state index contributed by atoms with van der Waals surface area (Å²) in [5, 5.41) is 0. The molecule has 3 nitrogen and oxygen atoms in total. The standard InChI is InChI=1S/C13H19N3/c14-12-9-11(12)10-5-4-6-15-13(10)16-7-2-1-3-8-16/h4-6,11-12H,1-3,7-9,14H2/t11-,12+/m0/s1. The molecule has 16 heavy (non-hydrogen) atoms. The van der Waals surface area contributed by atoms with Gasteiger partial charge in [-0.1, -0.05) is 6.07 Å². The maximum absolute atomic E-state index is 5.95. The molecule has 1 saturated carbocycles. The maximum atomic E-state index is 5.95. The molecule has 3 heteroatoms. The fraction of sp³-hybridized carbons (Fsp3) is 0.615. The minimum Gasteiger partial charge on any atom is -0.356 e. The lowest BCUT2D eigenvalue weighted by molar-refractivity contribution is 0.571. The van der Waals surface area contributed by atoms with E-state index in [1.54, 1.807) is 0 Å². The third kappa shape index (κ3) is 1.80. The average molecular weight is 217 g/mol. The monoisotopic (exact) mass is 217 g/mol. The number of hydrogen-bond acceptors (Lipinski definition) is 3. The van der Waals surface area contributed by atoms with Crippen molar-refractivity contribution in [3.05, 3.63) is 23.9 Å². The molecular formula is C13H19N3. The van der Waals surface area contributed by atoms with Crippen LogP contribution in [0.3, 0.4) is 0 Å². The highest BCUT2D eigenvalue weighted by atomic mass is 15.2. The highest BCUT2D eigenvalue weighted by molar-refractivity contribution is 5.51. The van der Waals surface area contributed by atoms with Crippen molar-refractivity contribution in [3.63, 3.8) is 0 Å². The SMILES string of the molecule is N[C@@H]1C[C@H]1c1cccnc1N1CCCCC1. The Bertz CT molecular complexity index is 371. The summed E-state index contributed by atoms with van der Waals surface area (Å²) < 4.78 is 0. The van der Waals surface area contributed by atoms with Crippen molar-refractivity contribution in [2.24, 2.45) is 5.73 Å². The molecule has 1 aromatic heterocycles.